The number of rotatable bonds is 4. The molecule has 3 atom stereocenters. The minimum Gasteiger partial charge on any atom is -0.332 e. The summed E-state index contributed by atoms with van der Waals surface area (Å²) in [6.45, 7) is 1.64. The second-order valence-corrected chi connectivity index (χ2v) is 8.40. The predicted octanol–water partition coefficient (Wildman–Crippen LogP) is 3.21. The van der Waals surface area contributed by atoms with Crippen molar-refractivity contribution < 1.29 is 4.79 Å². The number of amides is 1. The van der Waals surface area contributed by atoms with Crippen LogP contribution in [0.1, 0.15) is 54.3 Å². The fourth-order valence-electron chi connectivity index (χ4n) is 5.07. The summed E-state index contributed by atoms with van der Waals surface area (Å²) >= 11 is 0. The van der Waals surface area contributed by atoms with E-state index in [1.54, 1.807) is 0 Å². The Balaban J connectivity index is 0.00000192. The second kappa shape index (κ2) is 7.88. The molecule has 2 aliphatic carbocycles. The van der Waals surface area contributed by atoms with Crippen LogP contribution in [-0.2, 0) is 18.3 Å². The fraction of sp³-hybridized carbons (Fsp3) is 0.545. The Hall–Kier alpha value is -1.85. The molecular formula is C22H29ClN4O. The molecule has 0 radical (unpaired) electrons. The van der Waals surface area contributed by atoms with Crippen LogP contribution in [0.5, 0.6) is 0 Å². The van der Waals surface area contributed by atoms with Crippen molar-refractivity contribution >= 4 is 18.3 Å². The van der Waals surface area contributed by atoms with Gasteiger partial charge < -0.3 is 10.2 Å². The number of hydrogen-bond acceptors (Lipinski definition) is 3. The maximum atomic E-state index is 13.8. The molecular weight excluding hydrogens is 372 g/mol. The molecule has 5 nitrogen and oxygen atoms in total. The molecule has 3 aliphatic rings. The summed E-state index contributed by atoms with van der Waals surface area (Å²) in [5.74, 6) is 0.591. The third-order valence-electron chi connectivity index (χ3n) is 6.55. The quantitative estimate of drug-likeness (QED) is 0.857. The van der Waals surface area contributed by atoms with Crippen LogP contribution in [0.15, 0.2) is 36.7 Å². The number of nitrogens with one attached hydrogen (secondary N) is 1. The first kappa shape index (κ1) is 19.5. The lowest BCUT2D eigenvalue weighted by molar-refractivity contribution is -0.139. The van der Waals surface area contributed by atoms with Crippen molar-refractivity contribution in [2.24, 2.45) is 13.0 Å². The predicted molar refractivity (Wildman–Crippen MR) is 112 cm³/mol. The van der Waals surface area contributed by atoms with E-state index in [0.29, 0.717) is 11.9 Å². The molecule has 0 bridgehead atoms. The average molecular weight is 401 g/mol. The Morgan fingerprint density at radius 2 is 2.04 bits per heavy atom. The van der Waals surface area contributed by atoms with Crippen LogP contribution in [0, 0.1) is 5.92 Å². The molecule has 1 unspecified atom stereocenters. The lowest BCUT2D eigenvalue weighted by Crippen LogP contribution is -2.43. The first-order valence-electron chi connectivity index (χ1n) is 10.3. The van der Waals surface area contributed by atoms with E-state index in [2.05, 4.69) is 45.8 Å². The molecule has 1 amide bonds. The van der Waals surface area contributed by atoms with Crippen molar-refractivity contribution in [3.05, 3.63) is 53.3 Å². The number of fused-ring (bicyclic) bond motifs is 1. The van der Waals surface area contributed by atoms with Gasteiger partial charge >= 0.3 is 0 Å². The Morgan fingerprint density at radius 1 is 1.21 bits per heavy atom. The van der Waals surface area contributed by atoms with E-state index in [9.17, 15) is 4.79 Å². The normalized spacial score (nSPS) is 26.4. The highest BCUT2D eigenvalue weighted by Gasteiger charge is 2.45. The molecule has 1 saturated carbocycles. The van der Waals surface area contributed by atoms with Crippen molar-refractivity contribution in [1.82, 2.24) is 20.0 Å². The molecule has 6 heteroatoms. The van der Waals surface area contributed by atoms with Gasteiger partial charge in [-0.25, -0.2) is 0 Å². The Kier molecular flexibility index (Phi) is 5.48. The third kappa shape index (κ3) is 3.46. The summed E-state index contributed by atoms with van der Waals surface area (Å²) in [6.07, 6.45) is 9.71. The van der Waals surface area contributed by atoms with Gasteiger partial charge in [0.05, 0.1) is 18.2 Å². The Labute approximate surface area is 172 Å². The molecule has 1 N–H and O–H groups in total. The number of carbonyl (C=O) groups is 1. The number of halogens is 1. The van der Waals surface area contributed by atoms with Gasteiger partial charge in [-0.05, 0) is 48.8 Å². The van der Waals surface area contributed by atoms with Crippen LogP contribution in [0.25, 0.3) is 0 Å². The maximum Gasteiger partial charge on any atom is 0.228 e. The lowest BCUT2D eigenvalue weighted by Gasteiger charge is -2.38. The Bertz CT molecular complexity index is 847. The molecule has 1 aromatic carbocycles. The molecule has 0 spiro atoms. The maximum absolute atomic E-state index is 13.8. The van der Waals surface area contributed by atoms with Crippen molar-refractivity contribution in [1.29, 1.82) is 0 Å². The van der Waals surface area contributed by atoms with E-state index in [4.69, 9.17) is 0 Å². The van der Waals surface area contributed by atoms with Gasteiger partial charge in [-0.3, -0.25) is 9.48 Å². The fourth-order valence-corrected chi connectivity index (χ4v) is 5.07. The zero-order chi connectivity index (χ0) is 18.4. The van der Waals surface area contributed by atoms with E-state index in [-0.39, 0.29) is 30.3 Å². The zero-order valence-corrected chi connectivity index (χ0v) is 17.2. The molecule has 150 valence electrons. The standard InChI is InChI=1S/C22H28N4O.ClH/c1-25-14-16(11-24-25)19-12-23-13-20(19)22(27)26(17-9-10-17)21-8-4-6-15-5-2-3-7-18(15)21;/h2-3,5,7,11,14,17,19-21,23H,4,6,8-10,12-13H2,1H3;1H/t19-,20+,21?;/m1./s1. The van der Waals surface area contributed by atoms with Crippen molar-refractivity contribution in [2.45, 2.75) is 50.1 Å². The highest BCUT2D eigenvalue weighted by atomic mass is 35.5. The number of carbonyl (C=O) groups excluding carboxylic acids is 1. The molecule has 2 fully saturated rings. The van der Waals surface area contributed by atoms with E-state index in [1.165, 1.54) is 23.1 Å². The Morgan fingerprint density at radius 3 is 2.79 bits per heavy atom. The van der Waals surface area contributed by atoms with Gasteiger partial charge in [0.15, 0.2) is 0 Å². The minimum atomic E-state index is 0. The van der Waals surface area contributed by atoms with Crippen LogP contribution >= 0.6 is 12.4 Å². The molecule has 1 aromatic heterocycles. The van der Waals surface area contributed by atoms with Crippen molar-refractivity contribution in [3.8, 4) is 0 Å². The largest absolute Gasteiger partial charge is 0.332 e. The number of aryl methyl sites for hydroxylation is 2. The topological polar surface area (TPSA) is 50.2 Å². The third-order valence-corrected chi connectivity index (χ3v) is 6.55. The van der Waals surface area contributed by atoms with Gasteiger partial charge in [0.2, 0.25) is 5.91 Å². The first-order valence-corrected chi connectivity index (χ1v) is 10.3. The number of hydrogen-bond donors (Lipinski definition) is 1. The number of benzene rings is 1. The second-order valence-electron chi connectivity index (χ2n) is 8.40. The lowest BCUT2D eigenvalue weighted by atomic mass is 9.84. The molecule has 2 aromatic rings. The summed E-state index contributed by atoms with van der Waals surface area (Å²) in [4.78, 5) is 16.1. The average Bonchev–Trinajstić information content (AvgIpc) is 3.22. The van der Waals surface area contributed by atoms with Crippen LogP contribution in [-0.4, -0.2) is 39.7 Å². The monoisotopic (exact) mass is 400 g/mol. The van der Waals surface area contributed by atoms with Crippen LogP contribution in [0.2, 0.25) is 0 Å². The van der Waals surface area contributed by atoms with Gasteiger partial charge in [-0.1, -0.05) is 24.3 Å². The highest BCUT2D eigenvalue weighted by Crippen LogP contribution is 2.43. The molecule has 28 heavy (non-hydrogen) atoms. The van der Waals surface area contributed by atoms with Crippen LogP contribution in [0.4, 0.5) is 0 Å². The van der Waals surface area contributed by atoms with E-state index >= 15 is 0 Å². The van der Waals surface area contributed by atoms with E-state index in [1.807, 2.05) is 17.9 Å². The summed E-state index contributed by atoms with van der Waals surface area (Å²) in [5, 5.41) is 7.79. The van der Waals surface area contributed by atoms with Gasteiger partial charge in [0.1, 0.15) is 0 Å². The summed E-state index contributed by atoms with van der Waals surface area (Å²) in [7, 11) is 1.94. The molecule has 1 aliphatic heterocycles. The zero-order valence-electron chi connectivity index (χ0n) is 16.4. The van der Waals surface area contributed by atoms with E-state index < -0.39 is 0 Å². The van der Waals surface area contributed by atoms with Crippen LogP contribution in [0.3, 0.4) is 0 Å². The van der Waals surface area contributed by atoms with Crippen molar-refractivity contribution in [3.63, 3.8) is 0 Å². The van der Waals surface area contributed by atoms with Crippen LogP contribution < -0.4 is 5.32 Å². The van der Waals surface area contributed by atoms with Gasteiger partial charge in [0, 0.05) is 38.3 Å². The SMILES string of the molecule is Cl.Cn1cc([C@H]2CNC[C@@H]2C(=O)N(C2CC2)C2CCCc3ccccc32)cn1. The molecule has 1 saturated heterocycles. The first-order chi connectivity index (χ1) is 13.2. The van der Waals surface area contributed by atoms with Gasteiger partial charge in [-0.2, -0.15) is 5.10 Å². The van der Waals surface area contributed by atoms with E-state index in [0.717, 1.165) is 38.8 Å². The molecule has 5 rings (SSSR count). The van der Waals surface area contributed by atoms with Gasteiger partial charge in [-0.15, -0.1) is 12.4 Å². The van der Waals surface area contributed by atoms with Crippen molar-refractivity contribution in [2.75, 3.05) is 13.1 Å². The van der Waals surface area contributed by atoms with Gasteiger partial charge in [0.25, 0.3) is 0 Å². The number of aromatic nitrogens is 2. The highest BCUT2D eigenvalue weighted by molar-refractivity contribution is 5.85. The summed E-state index contributed by atoms with van der Waals surface area (Å²) in [6, 6.07) is 9.43. The minimum absolute atomic E-state index is 0. The summed E-state index contributed by atoms with van der Waals surface area (Å²) < 4.78 is 1.84. The summed E-state index contributed by atoms with van der Waals surface area (Å²) in [5.41, 5.74) is 3.99. The molecule has 2 heterocycles. The number of nitrogens with zero attached hydrogens (tertiary/aromatic N) is 3. The smallest absolute Gasteiger partial charge is 0.228 e.